The van der Waals surface area contributed by atoms with Crippen LogP contribution in [-0.2, 0) is 0 Å². The Kier molecular flexibility index (Phi) is 3.60. The molecular weight excluding hydrogens is 132 g/mol. The first-order valence-corrected chi connectivity index (χ1v) is 4.68. The minimum atomic E-state index is 0.250. The molecule has 0 N–H and O–H groups in total. The summed E-state index contributed by atoms with van der Waals surface area (Å²) in [5.41, 5.74) is 0.250. The van der Waals surface area contributed by atoms with Gasteiger partial charge in [-0.3, -0.25) is 0 Å². The van der Waals surface area contributed by atoms with Crippen molar-refractivity contribution in [1.82, 2.24) is 0 Å². The van der Waals surface area contributed by atoms with Gasteiger partial charge in [-0.2, -0.15) is 0 Å². The lowest BCUT2D eigenvalue weighted by Crippen LogP contribution is -2.35. The van der Waals surface area contributed by atoms with Crippen LogP contribution in [0.4, 0.5) is 0 Å². The van der Waals surface area contributed by atoms with Gasteiger partial charge in [0.25, 0.3) is 0 Å². The maximum atomic E-state index is 4.37. The number of hydrogen-bond donors (Lipinski definition) is 0. The fourth-order valence-corrected chi connectivity index (χ4v) is 2.00. The molecule has 0 fully saturated rings. The molecule has 0 rings (SSSR count). The molecule has 0 atom stereocenters. The standard InChI is InChI=1S/C11H23/c1-8(2)11(7,9(3)4)10(5)6/h8-10H,7H2,1-6H3. The maximum absolute atomic E-state index is 4.37. The molecule has 0 saturated carbocycles. The second kappa shape index (κ2) is 3.60. The molecular formula is C11H23. The van der Waals surface area contributed by atoms with E-state index in [1.807, 2.05) is 0 Å². The van der Waals surface area contributed by atoms with Gasteiger partial charge in [-0.05, 0) is 30.1 Å². The Balaban J connectivity index is 4.53. The molecule has 0 saturated heterocycles. The van der Waals surface area contributed by atoms with Crippen LogP contribution >= 0.6 is 0 Å². The van der Waals surface area contributed by atoms with Gasteiger partial charge in [-0.1, -0.05) is 41.5 Å². The molecule has 67 valence electrons. The Morgan fingerprint density at radius 3 is 0.909 bits per heavy atom. The molecule has 1 radical (unpaired) electrons. The summed E-state index contributed by atoms with van der Waals surface area (Å²) >= 11 is 0. The van der Waals surface area contributed by atoms with Crippen LogP contribution in [-0.4, -0.2) is 0 Å². The third-order valence-electron chi connectivity index (χ3n) is 3.22. The van der Waals surface area contributed by atoms with Crippen LogP contribution in [0, 0.1) is 30.1 Å². The van der Waals surface area contributed by atoms with Crippen molar-refractivity contribution < 1.29 is 0 Å². The lowest BCUT2D eigenvalue weighted by Gasteiger charge is -2.41. The highest BCUT2D eigenvalue weighted by Gasteiger charge is 2.34. The maximum Gasteiger partial charge on any atom is -0.0228 e. The fourth-order valence-electron chi connectivity index (χ4n) is 2.00. The smallest absolute Gasteiger partial charge is 0.0228 e. The van der Waals surface area contributed by atoms with Crippen LogP contribution in [0.15, 0.2) is 0 Å². The van der Waals surface area contributed by atoms with Crippen LogP contribution in [0.5, 0.6) is 0 Å². The monoisotopic (exact) mass is 155 g/mol. The topological polar surface area (TPSA) is 0 Å². The van der Waals surface area contributed by atoms with Crippen LogP contribution in [0.2, 0.25) is 0 Å². The molecule has 0 heteroatoms. The molecule has 0 aliphatic carbocycles. The van der Waals surface area contributed by atoms with Crippen molar-refractivity contribution in [2.75, 3.05) is 0 Å². The van der Waals surface area contributed by atoms with Crippen LogP contribution in [0.3, 0.4) is 0 Å². The summed E-state index contributed by atoms with van der Waals surface area (Å²) in [7, 11) is 0. The van der Waals surface area contributed by atoms with Crippen molar-refractivity contribution in [1.29, 1.82) is 0 Å². The zero-order chi connectivity index (χ0) is 9.23. The molecule has 11 heavy (non-hydrogen) atoms. The molecule has 0 spiro atoms. The average molecular weight is 155 g/mol. The second-order valence-corrected chi connectivity index (χ2v) is 4.58. The van der Waals surface area contributed by atoms with Crippen molar-refractivity contribution in [2.45, 2.75) is 41.5 Å². The molecule has 0 nitrogen and oxygen atoms in total. The summed E-state index contributed by atoms with van der Waals surface area (Å²) < 4.78 is 0. The van der Waals surface area contributed by atoms with Gasteiger partial charge >= 0.3 is 0 Å². The van der Waals surface area contributed by atoms with Crippen LogP contribution < -0.4 is 0 Å². The SMILES string of the molecule is [CH2]C(C(C)C)(C(C)C)C(C)C. The normalized spacial score (nSPS) is 13.6. The Bertz CT molecular complexity index is 87.4. The molecule has 0 aromatic heterocycles. The summed E-state index contributed by atoms with van der Waals surface area (Å²) in [5.74, 6) is 2.01. The highest BCUT2D eigenvalue weighted by atomic mass is 14.4. The largest absolute Gasteiger partial charge is 0.0622 e. The third-order valence-corrected chi connectivity index (χ3v) is 3.22. The lowest BCUT2D eigenvalue weighted by atomic mass is 9.64. The first-order valence-electron chi connectivity index (χ1n) is 4.68. The van der Waals surface area contributed by atoms with E-state index >= 15 is 0 Å². The van der Waals surface area contributed by atoms with Crippen molar-refractivity contribution in [3.05, 3.63) is 6.92 Å². The summed E-state index contributed by atoms with van der Waals surface area (Å²) in [6.45, 7) is 18.0. The van der Waals surface area contributed by atoms with Gasteiger partial charge < -0.3 is 0 Å². The zero-order valence-corrected chi connectivity index (χ0v) is 8.94. The predicted molar refractivity (Wildman–Crippen MR) is 52.3 cm³/mol. The van der Waals surface area contributed by atoms with Gasteiger partial charge in [-0.25, -0.2) is 0 Å². The van der Waals surface area contributed by atoms with Crippen molar-refractivity contribution >= 4 is 0 Å². The Morgan fingerprint density at radius 1 is 0.727 bits per heavy atom. The van der Waals surface area contributed by atoms with Gasteiger partial charge in [0.1, 0.15) is 0 Å². The van der Waals surface area contributed by atoms with Crippen LogP contribution in [0.1, 0.15) is 41.5 Å². The molecule has 0 aliphatic rings. The first kappa shape index (κ1) is 11.0. The van der Waals surface area contributed by atoms with Crippen molar-refractivity contribution in [3.63, 3.8) is 0 Å². The van der Waals surface area contributed by atoms with E-state index in [1.54, 1.807) is 0 Å². The minimum absolute atomic E-state index is 0.250. The van der Waals surface area contributed by atoms with Gasteiger partial charge in [0.2, 0.25) is 0 Å². The molecule has 0 aliphatic heterocycles. The Hall–Kier alpha value is 0. The molecule has 0 heterocycles. The van der Waals surface area contributed by atoms with Crippen molar-refractivity contribution in [3.8, 4) is 0 Å². The summed E-state index contributed by atoms with van der Waals surface area (Å²) in [4.78, 5) is 0. The van der Waals surface area contributed by atoms with Gasteiger partial charge in [0, 0.05) is 0 Å². The van der Waals surface area contributed by atoms with Crippen molar-refractivity contribution in [2.24, 2.45) is 23.2 Å². The fraction of sp³-hybridized carbons (Fsp3) is 0.909. The first-order chi connectivity index (χ1) is 4.83. The summed E-state index contributed by atoms with van der Waals surface area (Å²) in [6, 6.07) is 0. The van der Waals surface area contributed by atoms with E-state index in [-0.39, 0.29) is 5.41 Å². The molecule has 0 amide bonds. The van der Waals surface area contributed by atoms with Gasteiger partial charge in [0.05, 0.1) is 0 Å². The highest BCUT2D eigenvalue weighted by molar-refractivity contribution is 4.90. The third kappa shape index (κ3) is 1.98. The Labute approximate surface area is 72.4 Å². The van der Waals surface area contributed by atoms with E-state index in [9.17, 15) is 0 Å². The van der Waals surface area contributed by atoms with E-state index in [0.717, 1.165) is 0 Å². The zero-order valence-electron chi connectivity index (χ0n) is 8.94. The summed E-state index contributed by atoms with van der Waals surface area (Å²) in [6.07, 6.45) is 0. The van der Waals surface area contributed by atoms with Gasteiger partial charge in [0.15, 0.2) is 0 Å². The molecule has 0 bridgehead atoms. The summed E-state index contributed by atoms with van der Waals surface area (Å²) in [5, 5.41) is 0. The van der Waals surface area contributed by atoms with E-state index in [4.69, 9.17) is 0 Å². The Morgan fingerprint density at radius 2 is 0.909 bits per heavy atom. The quantitative estimate of drug-likeness (QED) is 0.582. The number of hydrogen-bond acceptors (Lipinski definition) is 0. The van der Waals surface area contributed by atoms with E-state index in [1.165, 1.54) is 0 Å². The number of rotatable bonds is 3. The second-order valence-electron chi connectivity index (χ2n) is 4.58. The van der Waals surface area contributed by atoms with E-state index in [2.05, 4.69) is 48.5 Å². The van der Waals surface area contributed by atoms with Crippen LogP contribution in [0.25, 0.3) is 0 Å². The van der Waals surface area contributed by atoms with E-state index < -0.39 is 0 Å². The molecule has 0 unspecified atom stereocenters. The van der Waals surface area contributed by atoms with Gasteiger partial charge in [-0.15, -0.1) is 0 Å². The molecule has 0 aromatic carbocycles. The highest BCUT2D eigenvalue weighted by Crippen LogP contribution is 2.41. The molecule has 0 aromatic rings. The van der Waals surface area contributed by atoms with E-state index in [0.29, 0.717) is 17.8 Å². The lowest BCUT2D eigenvalue weighted by molar-refractivity contribution is 0.107. The predicted octanol–water partition coefficient (Wildman–Crippen LogP) is 3.77. The average Bonchev–Trinajstić information content (AvgIpc) is 1.84. The minimum Gasteiger partial charge on any atom is -0.0622 e.